The van der Waals surface area contributed by atoms with Crippen molar-refractivity contribution in [1.82, 2.24) is 5.32 Å². The molecular formula is C11H16ClN3O3S. The lowest BCUT2D eigenvalue weighted by molar-refractivity contribution is -0.116. The van der Waals surface area contributed by atoms with Crippen molar-refractivity contribution < 1.29 is 13.2 Å². The van der Waals surface area contributed by atoms with Crippen molar-refractivity contribution in [3.05, 3.63) is 23.2 Å². The van der Waals surface area contributed by atoms with Crippen LogP contribution < -0.4 is 15.8 Å². The molecular weight excluding hydrogens is 290 g/mol. The predicted molar refractivity (Wildman–Crippen MR) is 74.6 cm³/mol. The van der Waals surface area contributed by atoms with E-state index in [4.69, 9.17) is 16.7 Å². The summed E-state index contributed by atoms with van der Waals surface area (Å²) in [6.45, 7) is 0.721. The van der Waals surface area contributed by atoms with Gasteiger partial charge >= 0.3 is 0 Å². The van der Waals surface area contributed by atoms with Gasteiger partial charge in [0.2, 0.25) is 15.9 Å². The van der Waals surface area contributed by atoms with Crippen LogP contribution in [0.1, 0.15) is 12.8 Å². The zero-order valence-electron chi connectivity index (χ0n) is 10.4. The largest absolute Gasteiger partial charge is 0.325 e. The van der Waals surface area contributed by atoms with Crippen molar-refractivity contribution in [2.24, 2.45) is 5.14 Å². The van der Waals surface area contributed by atoms with Gasteiger partial charge in [-0.25, -0.2) is 13.6 Å². The van der Waals surface area contributed by atoms with Crippen LogP contribution in [-0.4, -0.2) is 27.9 Å². The Kier molecular flexibility index (Phi) is 5.74. The second kappa shape index (κ2) is 6.85. The molecule has 6 nitrogen and oxygen atoms in total. The number of nitrogens with two attached hydrogens (primary N) is 1. The van der Waals surface area contributed by atoms with Gasteiger partial charge in [-0.1, -0.05) is 11.6 Å². The number of primary sulfonamides is 1. The lowest BCUT2D eigenvalue weighted by atomic mass is 10.2. The first-order valence-corrected chi connectivity index (χ1v) is 7.54. The first kappa shape index (κ1) is 15.9. The molecule has 0 bridgehead atoms. The normalized spacial score (nSPS) is 11.3. The van der Waals surface area contributed by atoms with E-state index < -0.39 is 10.0 Å². The Bertz CT molecular complexity index is 560. The summed E-state index contributed by atoms with van der Waals surface area (Å²) in [5.74, 6) is -0.233. The minimum atomic E-state index is -3.82. The third kappa shape index (κ3) is 5.15. The smallest absolute Gasteiger partial charge is 0.238 e. The molecule has 0 aliphatic heterocycles. The van der Waals surface area contributed by atoms with Crippen LogP contribution in [0.15, 0.2) is 23.1 Å². The van der Waals surface area contributed by atoms with Gasteiger partial charge in [0.25, 0.3) is 0 Å². The Morgan fingerprint density at radius 1 is 1.42 bits per heavy atom. The molecule has 0 heterocycles. The van der Waals surface area contributed by atoms with E-state index in [1.54, 1.807) is 7.05 Å². The van der Waals surface area contributed by atoms with Crippen LogP contribution in [0.4, 0.5) is 5.69 Å². The SMILES string of the molecule is CNCCCC(=O)Nc1cc(S(N)(=O)=O)ccc1Cl. The molecule has 0 atom stereocenters. The lowest BCUT2D eigenvalue weighted by Crippen LogP contribution is -2.16. The van der Waals surface area contributed by atoms with Gasteiger partial charge in [0, 0.05) is 6.42 Å². The number of sulfonamides is 1. The first-order chi connectivity index (χ1) is 8.84. The van der Waals surface area contributed by atoms with Gasteiger partial charge < -0.3 is 10.6 Å². The second-order valence-corrected chi connectivity index (χ2v) is 5.91. The van der Waals surface area contributed by atoms with Crippen LogP contribution in [0, 0.1) is 0 Å². The fourth-order valence-electron chi connectivity index (χ4n) is 1.42. The van der Waals surface area contributed by atoms with Gasteiger partial charge in [0.15, 0.2) is 0 Å². The van der Waals surface area contributed by atoms with E-state index in [2.05, 4.69) is 10.6 Å². The Morgan fingerprint density at radius 2 is 2.11 bits per heavy atom. The highest BCUT2D eigenvalue weighted by molar-refractivity contribution is 7.89. The topological polar surface area (TPSA) is 101 Å². The van der Waals surface area contributed by atoms with Crippen molar-refractivity contribution in [2.75, 3.05) is 18.9 Å². The number of hydrogen-bond donors (Lipinski definition) is 3. The molecule has 0 aliphatic carbocycles. The summed E-state index contributed by atoms with van der Waals surface area (Å²) in [6.07, 6.45) is 0.992. The molecule has 8 heteroatoms. The number of amides is 1. The zero-order chi connectivity index (χ0) is 14.5. The van der Waals surface area contributed by atoms with Gasteiger partial charge in [0.1, 0.15) is 0 Å². The monoisotopic (exact) mass is 305 g/mol. The fraction of sp³-hybridized carbons (Fsp3) is 0.364. The maximum absolute atomic E-state index is 11.6. The molecule has 0 saturated carbocycles. The van der Waals surface area contributed by atoms with Gasteiger partial charge in [-0.2, -0.15) is 0 Å². The van der Waals surface area contributed by atoms with Crippen LogP contribution in [0.3, 0.4) is 0 Å². The molecule has 1 rings (SSSR count). The van der Waals surface area contributed by atoms with Crippen molar-refractivity contribution in [2.45, 2.75) is 17.7 Å². The third-order valence-corrected chi connectivity index (χ3v) is 3.61. The van der Waals surface area contributed by atoms with E-state index in [0.717, 1.165) is 6.54 Å². The molecule has 106 valence electrons. The molecule has 0 unspecified atom stereocenters. The molecule has 19 heavy (non-hydrogen) atoms. The summed E-state index contributed by atoms with van der Waals surface area (Å²) >= 11 is 5.89. The summed E-state index contributed by atoms with van der Waals surface area (Å²) in [5.41, 5.74) is 0.239. The molecule has 0 radical (unpaired) electrons. The fourth-order valence-corrected chi connectivity index (χ4v) is 2.12. The van der Waals surface area contributed by atoms with Crippen molar-refractivity contribution in [1.29, 1.82) is 0 Å². The molecule has 1 amide bonds. The molecule has 4 N–H and O–H groups in total. The summed E-state index contributed by atoms with van der Waals surface area (Å²) in [5, 5.41) is 10.8. The number of hydrogen-bond acceptors (Lipinski definition) is 4. The number of benzene rings is 1. The maximum atomic E-state index is 11.6. The zero-order valence-corrected chi connectivity index (χ0v) is 12.0. The quantitative estimate of drug-likeness (QED) is 0.680. The van der Waals surface area contributed by atoms with Crippen LogP contribution in [0.25, 0.3) is 0 Å². The van der Waals surface area contributed by atoms with Crippen molar-refractivity contribution in [3.8, 4) is 0 Å². The highest BCUT2D eigenvalue weighted by Gasteiger charge is 2.12. The Morgan fingerprint density at radius 3 is 2.68 bits per heavy atom. The summed E-state index contributed by atoms with van der Waals surface area (Å²) < 4.78 is 22.4. The van der Waals surface area contributed by atoms with E-state index in [1.165, 1.54) is 18.2 Å². The van der Waals surface area contributed by atoms with Crippen molar-refractivity contribution in [3.63, 3.8) is 0 Å². The Labute approximate surface area is 117 Å². The van der Waals surface area contributed by atoms with Crippen LogP contribution in [0.5, 0.6) is 0 Å². The molecule has 0 fully saturated rings. The van der Waals surface area contributed by atoms with Gasteiger partial charge in [-0.3, -0.25) is 4.79 Å². The molecule has 0 spiro atoms. The van der Waals surface area contributed by atoms with Gasteiger partial charge in [-0.15, -0.1) is 0 Å². The average Bonchev–Trinajstić information content (AvgIpc) is 2.31. The summed E-state index contributed by atoms with van der Waals surface area (Å²) in [7, 11) is -2.02. The minimum Gasteiger partial charge on any atom is -0.325 e. The van der Waals surface area contributed by atoms with Gasteiger partial charge in [-0.05, 0) is 38.2 Å². The van der Waals surface area contributed by atoms with E-state index in [1.807, 2.05) is 0 Å². The molecule has 1 aromatic rings. The first-order valence-electron chi connectivity index (χ1n) is 5.61. The van der Waals surface area contributed by atoms with Gasteiger partial charge in [0.05, 0.1) is 15.6 Å². The van der Waals surface area contributed by atoms with E-state index in [0.29, 0.717) is 12.8 Å². The molecule has 0 aliphatic rings. The highest BCUT2D eigenvalue weighted by atomic mass is 35.5. The lowest BCUT2D eigenvalue weighted by Gasteiger charge is -2.08. The van der Waals surface area contributed by atoms with Crippen LogP contribution in [-0.2, 0) is 14.8 Å². The number of halogens is 1. The average molecular weight is 306 g/mol. The number of rotatable bonds is 6. The van der Waals surface area contributed by atoms with Crippen LogP contribution >= 0.6 is 11.6 Å². The highest BCUT2D eigenvalue weighted by Crippen LogP contribution is 2.24. The van der Waals surface area contributed by atoms with Crippen LogP contribution in [0.2, 0.25) is 5.02 Å². The van der Waals surface area contributed by atoms with E-state index in [-0.39, 0.29) is 21.5 Å². The Balaban J connectivity index is 2.80. The number of anilines is 1. The number of carbonyl (C=O) groups is 1. The predicted octanol–water partition coefficient (Wildman–Crippen LogP) is 0.926. The second-order valence-electron chi connectivity index (χ2n) is 3.94. The third-order valence-electron chi connectivity index (χ3n) is 2.37. The Hall–Kier alpha value is -1.15. The van der Waals surface area contributed by atoms with E-state index in [9.17, 15) is 13.2 Å². The molecule has 0 aromatic heterocycles. The van der Waals surface area contributed by atoms with E-state index >= 15 is 0 Å². The maximum Gasteiger partial charge on any atom is 0.238 e. The summed E-state index contributed by atoms with van der Waals surface area (Å²) in [4.78, 5) is 11.5. The number of carbonyl (C=O) groups excluding carboxylic acids is 1. The van der Waals surface area contributed by atoms with Crippen molar-refractivity contribution >= 4 is 33.2 Å². The molecule has 1 aromatic carbocycles. The molecule has 0 saturated heterocycles. The minimum absolute atomic E-state index is 0.0950. The number of nitrogens with one attached hydrogen (secondary N) is 2. The standard InChI is InChI=1S/C11H16ClN3O3S/c1-14-6-2-3-11(16)15-10-7-8(19(13,17)18)4-5-9(10)12/h4-5,7,14H,2-3,6H2,1H3,(H,15,16)(H2,13,17,18). The summed E-state index contributed by atoms with van der Waals surface area (Å²) in [6, 6.07) is 3.91.